The third kappa shape index (κ3) is 41.4. The summed E-state index contributed by atoms with van der Waals surface area (Å²) in [6.45, 7) is 25.0. The molecule has 8 aromatic rings. The summed E-state index contributed by atoms with van der Waals surface area (Å²) >= 11 is 0. The zero-order valence-electron chi connectivity index (χ0n) is 50.4. The second-order valence-electron chi connectivity index (χ2n) is 19.4. The van der Waals surface area contributed by atoms with E-state index in [9.17, 15) is 55.2 Å². The molecule has 0 bridgehead atoms. The smallest absolute Gasteiger partial charge is 1.00 e. The summed E-state index contributed by atoms with van der Waals surface area (Å²) in [5.41, 5.74) is 14.7. The van der Waals surface area contributed by atoms with Gasteiger partial charge in [-0.3, -0.25) is 0 Å². The molecule has 0 saturated heterocycles. The molecule has 0 N–H and O–H groups in total. The molecule has 0 amide bonds. The third-order valence-electron chi connectivity index (χ3n) is 13.1. The first-order valence-electron chi connectivity index (χ1n) is 25.4. The zero-order valence-corrected chi connectivity index (χ0v) is 65.2. The van der Waals surface area contributed by atoms with E-state index in [-0.39, 0.29) is 128 Å². The molecule has 0 saturated carbocycles. The van der Waals surface area contributed by atoms with E-state index >= 15 is 0 Å². The Labute approximate surface area is 595 Å². The van der Waals surface area contributed by atoms with Gasteiger partial charge < -0.3 is 66.8 Å². The molecule has 1 nitrogen and oxygen atoms in total. The molecule has 0 fully saturated rings. The van der Waals surface area contributed by atoms with Gasteiger partial charge in [0.25, 0.3) is 0 Å². The Bertz CT molecular complexity index is 2770. The van der Waals surface area contributed by atoms with Crippen LogP contribution in [0.15, 0.2) is 182 Å². The molecule has 0 spiro atoms. The number of ketones is 1. The Hall–Kier alpha value is -1.18. The fourth-order valence-electron chi connectivity index (χ4n) is 8.11. The van der Waals surface area contributed by atoms with Crippen LogP contribution in [-0.4, -0.2) is 23.5 Å². The molecular formula is C62H72Cl5F12IrOP6PdRh-3. The van der Waals surface area contributed by atoms with Gasteiger partial charge in [-0.2, -0.15) is 55.6 Å². The summed E-state index contributed by atoms with van der Waals surface area (Å²) < 4.78 is 118. The number of halogens is 17. The maximum Gasteiger partial charge on any atom is 3.00 e. The number of carbonyl (C=O) groups excluding carboxylic acids is 1. The quantitative estimate of drug-likeness (QED) is 0.0558. The van der Waals surface area contributed by atoms with E-state index in [0.717, 1.165) is 0 Å². The van der Waals surface area contributed by atoms with Gasteiger partial charge in [-0.1, -0.05) is 267 Å². The molecule has 27 heteroatoms. The number of hydrogen-bond acceptors (Lipinski definition) is 1. The van der Waals surface area contributed by atoms with Crippen molar-refractivity contribution in [3.05, 3.63) is 238 Å². The summed E-state index contributed by atoms with van der Waals surface area (Å²) in [6, 6.07) is 67.9. The average molecular weight is 1830 g/mol. The molecule has 8 rings (SSSR count). The summed E-state index contributed by atoms with van der Waals surface area (Å²) in [5, 5.41) is 8.98. The van der Waals surface area contributed by atoms with Gasteiger partial charge in [-0.05, 0) is 67.4 Å². The molecule has 89 heavy (non-hydrogen) atoms. The standard InChI is InChI=1S/C39H36P4.2C10H15.C3H6O.5ClH.2F6P.Ir.Pd.Rh/c1-7-19-34(20-8-1)40(32-42(36-23-11-3-12-24-36)37-25-13-4-14-26-37)31-41(35-21-9-2-10-22-35)33-43(38-27-15-5-16-28-38)39-29-17-6-18-30-39;2*1-6-7(2)9(4)10(5)8(6)3;1-3(2)4;;;;;;2*1-7(2,3,4,5)6;;;/h1-30H,31-33H2;2*1-5H3;1-2H3;5*1H;;;;;/q;2*-1;;;;;;;2*-1;+3;;+3/p-5/t40-,41+;;;;;;;;;;;;;. The van der Waals surface area contributed by atoms with Gasteiger partial charge in [0.1, 0.15) is 5.78 Å². The number of benzene rings is 6. The first kappa shape index (κ1) is 98.9. The van der Waals surface area contributed by atoms with Crippen LogP contribution in [0.5, 0.6) is 0 Å². The predicted molar refractivity (Wildman–Crippen MR) is 334 cm³/mol. The maximum atomic E-state index is 9.87. The fraction of sp³-hybridized carbons (Fsp3) is 0.242. The van der Waals surface area contributed by atoms with Crippen molar-refractivity contribution < 1.29 is 177 Å². The molecule has 0 aliphatic heterocycles. The normalized spacial score (nSPS) is 12.4. The monoisotopic (exact) mass is 1820 g/mol. The zero-order chi connectivity index (χ0) is 61.3. The van der Waals surface area contributed by atoms with E-state index in [2.05, 4.69) is 251 Å². The maximum absolute atomic E-state index is 10.7. The molecule has 0 aliphatic rings. The minimum atomic E-state index is -10.7. The average Bonchev–Trinajstić information content (AvgIpc) is 3.92. The van der Waals surface area contributed by atoms with Gasteiger partial charge in [0.15, 0.2) is 0 Å². The van der Waals surface area contributed by atoms with Crippen molar-refractivity contribution in [1.29, 1.82) is 0 Å². The Morgan fingerprint density at radius 1 is 0.337 bits per heavy atom. The summed E-state index contributed by atoms with van der Waals surface area (Å²) in [6.07, 6.45) is 0. The van der Waals surface area contributed by atoms with Crippen LogP contribution in [0.2, 0.25) is 0 Å². The van der Waals surface area contributed by atoms with E-state index in [0.29, 0.717) is 0 Å². The Morgan fingerprint density at radius 2 is 0.472 bits per heavy atom. The van der Waals surface area contributed by atoms with Crippen LogP contribution in [-0.2, 0) is 64.8 Å². The van der Waals surface area contributed by atoms with E-state index in [1.54, 1.807) is 0 Å². The van der Waals surface area contributed by atoms with Crippen LogP contribution < -0.4 is 93.9 Å². The fourth-order valence-corrected chi connectivity index (χ4v) is 24.0. The van der Waals surface area contributed by atoms with Crippen molar-refractivity contribution in [3.63, 3.8) is 0 Å². The molecular weight excluding hydrogens is 1750 g/mol. The predicted octanol–water partition coefficient (Wildman–Crippen LogP) is 7.01. The molecule has 8 aromatic carbocycles. The van der Waals surface area contributed by atoms with Gasteiger partial charge in [-0.15, -0.1) is 0 Å². The van der Waals surface area contributed by atoms with Crippen molar-refractivity contribution in [1.82, 2.24) is 0 Å². The van der Waals surface area contributed by atoms with Crippen molar-refractivity contribution in [2.75, 3.05) is 17.7 Å². The summed E-state index contributed by atoms with van der Waals surface area (Å²) in [4.78, 5) is 9.44. The largest absolute Gasteiger partial charge is 3.00 e. The third-order valence-corrected chi connectivity index (χ3v) is 26.6. The van der Waals surface area contributed by atoms with Gasteiger partial charge in [0.05, 0.1) is 0 Å². The van der Waals surface area contributed by atoms with Crippen LogP contribution in [0.25, 0.3) is 0 Å². The van der Waals surface area contributed by atoms with E-state index in [1.165, 1.54) is 119 Å². The number of Topliss-reactive ketones (excluding diaryl/α,β-unsaturated/α-hetero) is 1. The van der Waals surface area contributed by atoms with Crippen LogP contribution in [0.1, 0.15) is 69.5 Å². The molecule has 0 aromatic heterocycles. The first-order valence-corrected chi connectivity index (χ1v) is 36.0. The topological polar surface area (TPSA) is 17.1 Å². The minimum absolute atomic E-state index is 0. The second-order valence-corrected chi connectivity index (χ2v) is 33.6. The van der Waals surface area contributed by atoms with Crippen LogP contribution in [0.4, 0.5) is 50.4 Å². The molecule has 0 unspecified atom stereocenters. The minimum Gasteiger partial charge on any atom is -1.00 e. The van der Waals surface area contributed by atoms with E-state index in [4.69, 9.17) is 0 Å². The molecule has 0 heterocycles. The molecule has 0 aliphatic carbocycles. The van der Waals surface area contributed by atoms with Crippen molar-refractivity contribution in [2.24, 2.45) is 0 Å². The summed E-state index contributed by atoms with van der Waals surface area (Å²) in [5.74, 6) is 3.83. The van der Waals surface area contributed by atoms with E-state index < -0.39 is 47.3 Å². The molecule has 2 atom stereocenters. The number of rotatable bonds is 12. The van der Waals surface area contributed by atoms with Crippen LogP contribution >= 0.6 is 47.3 Å². The van der Waals surface area contributed by atoms with Crippen LogP contribution in [0.3, 0.4) is 0 Å². The number of hydrogen-bond donors (Lipinski definition) is 0. The summed E-state index contributed by atoms with van der Waals surface area (Å²) in [7, 11) is -23.1. The Kier molecular flexibility index (Phi) is 45.6. The van der Waals surface area contributed by atoms with Crippen molar-refractivity contribution in [2.45, 2.75) is 83.1 Å². The van der Waals surface area contributed by atoms with Crippen LogP contribution in [0, 0.1) is 69.2 Å². The van der Waals surface area contributed by atoms with Gasteiger partial charge in [0.2, 0.25) is 0 Å². The van der Waals surface area contributed by atoms with Gasteiger partial charge in [0, 0.05) is 32.2 Å². The Balaban J connectivity index is -0.000000307. The second kappa shape index (κ2) is 41.0. The van der Waals surface area contributed by atoms with Crippen molar-refractivity contribution in [3.8, 4) is 0 Å². The molecule has 0 radical (unpaired) electrons. The van der Waals surface area contributed by atoms with Gasteiger partial charge >= 0.3 is 106 Å². The molecule has 506 valence electrons. The Morgan fingerprint density at radius 3 is 0.596 bits per heavy atom. The van der Waals surface area contributed by atoms with Gasteiger partial charge in [-0.25, -0.2) is 0 Å². The van der Waals surface area contributed by atoms with E-state index in [1.807, 2.05) is 0 Å². The number of carbonyl (C=O) groups is 1. The first-order chi connectivity index (χ1) is 37.1. The van der Waals surface area contributed by atoms with Crippen molar-refractivity contribution >= 4 is 84.9 Å². The SMILES string of the molecule is CC(C)=O.Cc1c(C)c(C)[c-](C)c1C.Cc1c(C)c(C)[c-](C)c1C.F[P-](F)(F)(F)(F)F.F[P-](F)(F)(F)(F)F.[Cl-].[Cl-].[Cl-].[Cl-].[Cl-].[Ir+3].[Pd].[Rh+3].c1ccc(P(C[P@](C[P@](CP(c2ccccc2)c2ccccc2)c2ccccc2)c2ccccc2)c2ccccc2)cc1.